The van der Waals surface area contributed by atoms with Crippen LogP contribution in [0, 0.1) is 11.8 Å². The minimum atomic E-state index is -0.223. The minimum Gasteiger partial charge on any atom is -0.290 e. The van der Waals surface area contributed by atoms with Gasteiger partial charge in [-0.1, -0.05) is 17.7 Å². The van der Waals surface area contributed by atoms with Gasteiger partial charge in [0.1, 0.15) is 0 Å². The molecule has 0 aromatic rings. The molecule has 12 heavy (non-hydrogen) atoms. The fraction of sp³-hybridized carbons (Fsp3) is 0.400. The van der Waals surface area contributed by atoms with Gasteiger partial charge in [0.05, 0.1) is 11.8 Å². The number of carbonyl (C=O) groups is 2. The van der Waals surface area contributed by atoms with Gasteiger partial charge in [0, 0.05) is 0 Å². The fourth-order valence-electron chi connectivity index (χ4n) is 2.01. The Labute approximate surface area is 71.0 Å². The maximum Gasteiger partial charge on any atom is 0.210 e. The zero-order valence-corrected chi connectivity index (χ0v) is 7.13. The number of Topliss-reactive ketones (excluding diaryl/α,β-unsaturated/α-hetero) is 2. The predicted octanol–water partition coefficient (Wildman–Crippen LogP) is 1.28. The predicted molar refractivity (Wildman–Crippen MR) is 44.5 cm³/mol. The lowest BCUT2D eigenvalue weighted by Crippen LogP contribution is -2.17. The topological polar surface area (TPSA) is 34.1 Å². The Morgan fingerprint density at radius 3 is 1.75 bits per heavy atom. The Bertz CT molecular complexity index is 304. The second kappa shape index (κ2) is 2.16. The second-order valence-electron chi connectivity index (χ2n) is 3.52. The van der Waals surface area contributed by atoms with Crippen molar-refractivity contribution in [2.45, 2.75) is 13.8 Å². The van der Waals surface area contributed by atoms with E-state index in [2.05, 4.69) is 0 Å². The van der Waals surface area contributed by atoms with Crippen LogP contribution in [0.5, 0.6) is 0 Å². The molecule has 2 rings (SSSR count). The molecule has 62 valence electrons. The number of hydrogen-bond donors (Lipinski definition) is 0. The highest BCUT2D eigenvalue weighted by Crippen LogP contribution is 2.40. The molecule has 0 spiro atoms. The van der Waals surface area contributed by atoms with Gasteiger partial charge >= 0.3 is 0 Å². The molecule has 2 nitrogen and oxygen atoms in total. The first-order chi connectivity index (χ1) is 5.63. The van der Waals surface area contributed by atoms with Crippen molar-refractivity contribution < 1.29 is 9.59 Å². The fourth-order valence-corrected chi connectivity index (χ4v) is 2.01. The van der Waals surface area contributed by atoms with Crippen LogP contribution in [0.15, 0.2) is 23.3 Å². The number of allylic oxidation sites excluding steroid dienone is 4. The Morgan fingerprint density at radius 2 is 1.50 bits per heavy atom. The van der Waals surface area contributed by atoms with E-state index < -0.39 is 0 Å². The third-order valence-corrected chi connectivity index (χ3v) is 2.55. The van der Waals surface area contributed by atoms with Crippen molar-refractivity contribution in [3.8, 4) is 0 Å². The standard InChI is InChI=1S/C10H10O2/c1-5(2)8-6-3-4-7(8)10(12)9(6)11/h3-4,6-7H,1-2H3. The van der Waals surface area contributed by atoms with Crippen LogP contribution >= 0.6 is 0 Å². The van der Waals surface area contributed by atoms with Crippen LogP contribution in [0.1, 0.15) is 13.8 Å². The van der Waals surface area contributed by atoms with Crippen LogP contribution < -0.4 is 0 Å². The maximum absolute atomic E-state index is 11.2. The van der Waals surface area contributed by atoms with Gasteiger partial charge in [0.15, 0.2) is 0 Å². The molecule has 2 heteroatoms. The molecule has 2 aliphatic carbocycles. The van der Waals surface area contributed by atoms with Gasteiger partial charge in [-0.2, -0.15) is 0 Å². The monoisotopic (exact) mass is 162 g/mol. The molecule has 2 atom stereocenters. The molecule has 0 amide bonds. The first kappa shape index (κ1) is 7.47. The molecule has 0 aromatic heterocycles. The Morgan fingerprint density at radius 1 is 1.08 bits per heavy atom. The molecule has 0 radical (unpaired) electrons. The lowest BCUT2D eigenvalue weighted by atomic mass is 10.00. The summed E-state index contributed by atoms with van der Waals surface area (Å²) in [4.78, 5) is 22.5. The Kier molecular flexibility index (Phi) is 1.34. The Hall–Kier alpha value is -1.18. The van der Waals surface area contributed by atoms with Crippen molar-refractivity contribution in [3.63, 3.8) is 0 Å². The highest BCUT2D eigenvalue weighted by Gasteiger charge is 2.46. The number of rotatable bonds is 0. The summed E-state index contributed by atoms with van der Waals surface area (Å²) in [5.74, 6) is -0.877. The van der Waals surface area contributed by atoms with Gasteiger partial charge in [-0.3, -0.25) is 9.59 Å². The number of fused-ring (bicyclic) bond motifs is 2. The van der Waals surface area contributed by atoms with Gasteiger partial charge in [-0.25, -0.2) is 0 Å². The summed E-state index contributed by atoms with van der Waals surface area (Å²) in [7, 11) is 0. The van der Waals surface area contributed by atoms with Crippen LogP contribution in [-0.4, -0.2) is 11.6 Å². The van der Waals surface area contributed by atoms with E-state index in [1.807, 2.05) is 26.0 Å². The molecular weight excluding hydrogens is 152 g/mol. The van der Waals surface area contributed by atoms with Crippen LogP contribution in [0.2, 0.25) is 0 Å². The molecule has 0 N–H and O–H groups in total. The minimum absolute atomic E-state index is 0.215. The highest BCUT2D eigenvalue weighted by atomic mass is 16.2. The normalized spacial score (nSPS) is 32.0. The SMILES string of the molecule is CC(C)=C1C2C=CC1C(=O)C2=O. The van der Waals surface area contributed by atoms with Crippen LogP contribution in [0.3, 0.4) is 0 Å². The molecule has 2 bridgehead atoms. The van der Waals surface area contributed by atoms with E-state index in [0.29, 0.717) is 0 Å². The van der Waals surface area contributed by atoms with Crippen molar-refractivity contribution in [2.24, 2.45) is 11.8 Å². The summed E-state index contributed by atoms with van der Waals surface area (Å²) < 4.78 is 0. The van der Waals surface area contributed by atoms with Gasteiger partial charge in [0.25, 0.3) is 0 Å². The zero-order valence-electron chi connectivity index (χ0n) is 7.13. The number of carbonyl (C=O) groups excluding carboxylic acids is 2. The first-order valence-electron chi connectivity index (χ1n) is 4.06. The first-order valence-corrected chi connectivity index (χ1v) is 4.06. The molecule has 0 aromatic carbocycles. The van der Waals surface area contributed by atoms with E-state index in [-0.39, 0.29) is 23.4 Å². The third kappa shape index (κ3) is 0.697. The quantitative estimate of drug-likeness (QED) is 0.397. The van der Waals surface area contributed by atoms with Crippen molar-refractivity contribution >= 4 is 11.6 Å². The van der Waals surface area contributed by atoms with Gasteiger partial charge in [-0.05, 0) is 19.4 Å². The summed E-state index contributed by atoms with van der Waals surface area (Å²) in [5, 5.41) is 0. The molecule has 0 aliphatic heterocycles. The Balaban J connectivity index is 2.57. The van der Waals surface area contributed by atoms with Crippen molar-refractivity contribution in [1.82, 2.24) is 0 Å². The summed E-state index contributed by atoms with van der Waals surface area (Å²) in [6.07, 6.45) is 3.69. The molecular formula is C10H10O2. The van der Waals surface area contributed by atoms with E-state index in [1.165, 1.54) is 0 Å². The average Bonchev–Trinajstić information content (AvgIpc) is 2.51. The van der Waals surface area contributed by atoms with Crippen molar-refractivity contribution in [2.75, 3.05) is 0 Å². The summed E-state index contributed by atoms with van der Waals surface area (Å²) in [6.45, 7) is 3.91. The summed E-state index contributed by atoms with van der Waals surface area (Å²) in [5.41, 5.74) is 2.12. The van der Waals surface area contributed by atoms with Gasteiger partial charge < -0.3 is 0 Å². The third-order valence-electron chi connectivity index (χ3n) is 2.55. The van der Waals surface area contributed by atoms with Crippen molar-refractivity contribution in [1.29, 1.82) is 0 Å². The summed E-state index contributed by atoms with van der Waals surface area (Å²) in [6, 6.07) is 0. The van der Waals surface area contributed by atoms with E-state index >= 15 is 0 Å². The number of ketones is 2. The lowest BCUT2D eigenvalue weighted by molar-refractivity contribution is -0.136. The van der Waals surface area contributed by atoms with Crippen LogP contribution in [-0.2, 0) is 9.59 Å². The lowest BCUT2D eigenvalue weighted by Gasteiger charge is -2.02. The molecule has 2 aliphatic rings. The second-order valence-corrected chi connectivity index (χ2v) is 3.52. The maximum atomic E-state index is 11.2. The molecule has 1 fully saturated rings. The van der Waals surface area contributed by atoms with Crippen molar-refractivity contribution in [3.05, 3.63) is 23.3 Å². The average molecular weight is 162 g/mol. The summed E-state index contributed by atoms with van der Waals surface area (Å²) >= 11 is 0. The molecule has 0 saturated heterocycles. The molecule has 2 unspecified atom stereocenters. The largest absolute Gasteiger partial charge is 0.290 e. The van der Waals surface area contributed by atoms with Gasteiger partial charge in [0.2, 0.25) is 11.6 Å². The van der Waals surface area contributed by atoms with E-state index in [0.717, 1.165) is 11.1 Å². The van der Waals surface area contributed by atoms with Gasteiger partial charge in [-0.15, -0.1) is 0 Å². The molecule has 0 heterocycles. The van der Waals surface area contributed by atoms with Crippen LogP contribution in [0.4, 0.5) is 0 Å². The molecule has 1 saturated carbocycles. The van der Waals surface area contributed by atoms with E-state index in [9.17, 15) is 9.59 Å². The highest BCUT2D eigenvalue weighted by molar-refractivity contribution is 6.44. The van der Waals surface area contributed by atoms with Crippen LogP contribution in [0.25, 0.3) is 0 Å². The van der Waals surface area contributed by atoms with E-state index in [1.54, 1.807) is 0 Å². The number of hydrogen-bond acceptors (Lipinski definition) is 2. The van der Waals surface area contributed by atoms with E-state index in [4.69, 9.17) is 0 Å². The zero-order chi connectivity index (χ0) is 8.88. The smallest absolute Gasteiger partial charge is 0.210 e.